The van der Waals surface area contributed by atoms with Crippen LogP contribution in [0.2, 0.25) is 0 Å². The van der Waals surface area contributed by atoms with Crippen molar-refractivity contribution in [2.75, 3.05) is 26.8 Å². The Labute approximate surface area is 176 Å². The van der Waals surface area contributed by atoms with E-state index >= 15 is 0 Å². The van der Waals surface area contributed by atoms with Crippen LogP contribution in [0.3, 0.4) is 0 Å². The van der Waals surface area contributed by atoms with Crippen LogP contribution in [-0.2, 0) is 9.53 Å². The highest BCUT2D eigenvalue weighted by molar-refractivity contribution is 5.94. The maximum absolute atomic E-state index is 13.0. The standard InChI is InChI=1S/C23H27FN2O4/c1-16(17-3-7-19(24)8-4-17)25-23(28)18-5-9-20(10-6-18)30-21-11-13-26(14-12-21)22(27)15-29-2/h3-10,16,21H,11-15H2,1-2H3,(H,25,28)/t16-/m1/s1. The molecule has 2 aromatic carbocycles. The zero-order chi connectivity index (χ0) is 21.5. The number of hydrogen-bond donors (Lipinski definition) is 1. The van der Waals surface area contributed by atoms with Crippen LogP contribution in [-0.4, -0.2) is 49.6 Å². The number of methoxy groups -OCH3 is 1. The minimum atomic E-state index is -0.305. The number of amides is 2. The number of piperidine rings is 1. The monoisotopic (exact) mass is 414 g/mol. The third-order valence-electron chi connectivity index (χ3n) is 5.20. The number of hydrogen-bond acceptors (Lipinski definition) is 4. The quantitative estimate of drug-likeness (QED) is 0.755. The zero-order valence-corrected chi connectivity index (χ0v) is 17.3. The van der Waals surface area contributed by atoms with E-state index < -0.39 is 0 Å². The summed E-state index contributed by atoms with van der Waals surface area (Å²) in [6.07, 6.45) is 1.55. The maximum atomic E-state index is 13.0. The lowest BCUT2D eigenvalue weighted by atomic mass is 10.1. The molecule has 0 aliphatic carbocycles. The van der Waals surface area contributed by atoms with Crippen LogP contribution in [0.1, 0.15) is 41.7 Å². The van der Waals surface area contributed by atoms with Crippen molar-refractivity contribution in [2.24, 2.45) is 0 Å². The normalized spacial score (nSPS) is 15.5. The Hall–Kier alpha value is -2.93. The van der Waals surface area contributed by atoms with Gasteiger partial charge in [-0.05, 0) is 48.9 Å². The number of ether oxygens (including phenoxy) is 2. The third kappa shape index (κ3) is 5.79. The maximum Gasteiger partial charge on any atom is 0.251 e. The average molecular weight is 414 g/mol. The van der Waals surface area contributed by atoms with Crippen molar-refractivity contribution < 1.29 is 23.5 Å². The molecule has 1 aliphatic rings. The fourth-order valence-electron chi connectivity index (χ4n) is 3.43. The molecule has 1 aliphatic heterocycles. The molecule has 160 valence electrons. The summed E-state index contributed by atoms with van der Waals surface area (Å²) < 4.78 is 23.9. The second-order valence-electron chi connectivity index (χ2n) is 7.40. The number of benzene rings is 2. The first-order chi connectivity index (χ1) is 14.5. The summed E-state index contributed by atoms with van der Waals surface area (Å²) in [6, 6.07) is 12.8. The molecule has 0 bridgehead atoms. The summed E-state index contributed by atoms with van der Waals surface area (Å²) in [5, 5.41) is 2.91. The number of carbonyl (C=O) groups excluding carboxylic acids is 2. The van der Waals surface area contributed by atoms with Crippen molar-refractivity contribution in [3.8, 4) is 5.75 Å². The SMILES string of the molecule is COCC(=O)N1CCC(Oc2ccc(C(=O)N[C@H](C)c3ccc(F)cc3)cc2)CC1. The molecule has 30 heavy (non-hydrogen) atoms. The van der Waals surface area contributed by atoms with Crippen LogP contribution >= 0.6 is 0 Å². The minimum absolute atomic E-state index is 0.00109. The Morgan fingerprint density at radius 2 is 1.73 bits per heavy atom. The molecule has 0 saturated carbocycles. The second-order valence-corrected chi connectivity index (χ2v) is 7.40. The molecule has 0 unspecified atom stereocenters. The van der Waals surface area contributed by atoms with Crippen LogP contribution < -0.4 is 10.1 Å². The van der Waals surface area contributed by atoms with E-state index in [9.17, 15) is 14.0 Å². The summed E-state index contributed by atoms with van der Waals surface area (Å²) in [4.78, 5) is 26.1. The molecular weight excluding hydrogens is 387 g/mol. The molecular formula is C23H27FN2O4. The van der Waals surface area contributed by atoms with Gasteiger partial charge in [0.25, 0.3) is 5.91 Å². The van der Waals surface area contributed by atoms with Gasteiger partial charge in [-0.15, -0.1) is 0 Å². The Balaban J connectivity index is 1.49. The van der Waals surface area contributed by atoms with E-state index in [0.29, 0.717) is 24.4 Å². The predicted octanol–water partition coefficient (Wildman–Crippen LogP) is 3.33. The highest BCUT2D eigenvalue weighted by Crippen LogP contribution is 2.20. The molecule has 0 spiro atoms. The van der Waals surface area contributed by atoms with E-state index in [2.05, 4.69) is 5.32 Å². The number of carbonyl (C=O) groups is 2. The van der Waals surface area contributed by atoms with E-state index in [0.717, 1.165) is 18.4 Å². The molecule has 7 heteroatoms. The van der Waals surface area contributed by atoms with Gasteiger partial charge in [-0.1, -0.05) is 12.1 Å². The van der Waals surface area contributed by atoms with Crippen molar-refractivity contribution in [1.29, 1.82) is 0 Å². The summed E-state index contributed by atoms with van der Waals surface area (Å²) >= 11 is 0. The first-order valence-electron chi connectivity index (χ1n) is 10.1. The lowest BCUT2D eigenvalue weighted by Crippen LogP contribution is -2.43. The van der Waals surface area contributed by atoms with Gasteiger partial charge < -0.3 is 19.7 Å². The Kier molecular flexibility index (Phi) is 7.41. The largest absolute Gasteiger partial charge is 0.490 e. The van der Waals surface area contributed by atoms with Gasteiger partial charge in [0.2, 0.25) is 5.91 Å². The average Bonchev–Trinajstić information content (AvgIpc) is 2.75. The van der Waals surface area contributed by atoms with E-state index in [1.807, 2.05) is 6.92 Å². The number of halogens is 1. The number of likely N-dealkylation sites (tertiary alicyclic amines) is 1. The smallest absolute Gasteiger partial charge is 0.251 e. The van der Waals surface area contributed by atoms with Crippen molar-refractivity contribution in [3.63, 3.8) is 0 Å². The van der Waals surface area contributed by atoms with Crippen LogP contribution in [0, 0.1) is 5.82 Å². The van der Waals surface area contributed by atoms with Crippen LogP contribution in [0.5, 0.6) is 5.75 Å². The predicted molar refractivity (Wildman–Crippen MR) is 111 cm³/mol. The van der Waals surface area contributed by atoms with E-state index in [1.165, 1.54) is 19.2 Å². The lowest BCUT2D eigenvalue weighted by Gasteiger charge is -2.32. The van der Waals surface area contributed by atoms with E-state index in [-0.39, 0.29) is 36.4 Å². The van der Waals surface area contributed by atoms with Gasteiger partial charge in [0.1, 0.15) is 24.3 Å². The molecule has 1 atom stereocenters. The van der Waals surface area contributed by atoms with E-state index in [1.54, 1.807) is 41.3 Å². The summed E-state index contributed by atoms with van der Waals surface area (Å²) in [5.41, 5.74) is 1.36. The number of rotatable bonds is 7. The lowest BCUT2D eigenvalue weighted by molar-refractivity contribution is -0.136. The molecule has 1 N–H and O–H groups in total. The van der Waals surface area contributed by atoms with Crippen molar-refractivity contribution in [2.45, 2.75) is 31.9 Å². The highest BCUT2D eigenvalue weighted by atomic mass is 19.1. The van der Waals surface area contributed by atoms with Gasteiger partial charge in [-0.3, -0.25) is 9.59 Å². The number of nitrogens with one attached hydrogen (secondary N) is 1. The summed E-state index contributed by atoms with van der Waals surface area (Å²) in [5.74, 6) is 0.185. The van der Waals surface area contributed by atoms with Gasteiger partial charge in [-0.25, -0.2) is 4.39 Å². The molecule has 0 aromatic heterocycles. The zero-order valence-electron chi connectivity index (χ0n) is 17.3. The van der Waals surface area contributed by atoms with Crippen LogP contribution in [0.15, 0.2) is 48.5 Å². The van der Waals surface area contributed by atoms with Crippen molar-refractivity contribution >= 4 is 11.8 Å². The Morgan fingerprint density at radius 1 is 1.10 bits per heavy atom. The molecule has 1 saturated heterocycles. The highest BCUT2D eigenvalue weighted by Gasteiger charge is 2.23. The Bertz CT molecular complexity index is 847. The van der Waals surface area contributed by atoms with Gasteiger partial charge in [0.15, 0.2) is 0 Å². The fourth-order valence-corrected chi connectivity index (χ4v) is 3.43. The van der Waals surface area contributed by atoms with Gasteiger partial charge in [-0.2, -0.15) is 0 Å². The topological polar surface area (TPSA) is 67.9 Å². The molecule has 3 rings (SSSR count). The van der Waals surface area contributed by atoms with E-state index in [4.69, 9.17) is 9.47 Å². The number of nitrogens with zero attached hydrogens (tertiary/aromatic N) is 1. The summed E-state index contributed by atoms with van der Waals surface area (Å²) in [6.45, 7) is 3.25. The van der Waals surface area contributed by atoms with Gasteiger partial charge in [0, 0.05) is 38.6 Å². The molecule has 2 aromatic rings. The van der Waals surface area contributed by atoms with Crippen molar-refractivity contribution in [1.82, 2.24) is 10.2 Å². The van der Waals surface area contributed by atoms with Crippen LogP contribution in [0.25, 0.3) is 0 Å². The molecule has 0 radical (unpaired) electrons. The van der Waals surface area contributed by atoms with Crippen molar-refractivity contribution in [3.05, 3.63) is 65.5 Å². The third-order valence-corrected chi connectivity index (χ3v) is 5.20. The molecule has 2 amide bonds. The van der Waals surface area contributed by atoms with Gasteiger partial charge in [0.05, 0.1) is 6.04 Å². The van der Waals surface area contributed by atoms with Gasteiger partial charge >= 0.3 is 0 Å². The molecule has 1 heterocycles. The minimum Gasteiger partial charge on any atom is -0.490 e. The summed E-state index contributed by atoms with van der Waals surface area (Å²) in [7, 11) is 1.52. The van der Waals surface area contributed by atoms with Crippen LogP contribution in [0.4, 0.5) is 4.39 Å². The molecule has 1 fully saturated rings. The first kappa shape index (κ1) is 21.8. The second kappa shape index (κ2) is 10.2. The first-order valence-corrected chi connectivity index (χ1v) is 10.1. The fraction of sp³-hybridized carbons (Fsp3) is 0.391. The molecule has 6 nitrogen and oxygen atoms in total. The Morgan fingerprint density at radius 3 is 2.33 bits per heavy atom.